The zero-order valence-electron chi connectivity index (χ0n) is 9.72. The van der Waals surface area contributed by atoms with Gasteiger partial charge >= 0.3 is 0 Å². The van der Waals surface area contributed by atoms with Crippen molar-refractivity contribution in [2.75, 3.05) is 32.1 Å². The van der Waals surface area contributed by atoms with Crippen LogP contribution < -0.4 is 4.90 Å². The van der Waals surface area contributed by atoms with Gasteiger partial charge in [0.2, 0.25) is 0 Å². The van der Waals surface area contributed by atoms with Crippen LogP contribution in [-0.4, -0.2) is 49.4 Å². The van der Waals surface area contributed by atoms with Gasteiger partial charge in [-0.3, -0.25) is 4.79 Å². The van der Waals surface area contributed by atoms with E-state index in [1.165, 1.54) is 30.7 Å². The molecule has 0 amide bonds. The van der Waals surface area contributed by atoms with Crippen molar-refractivity contribution in [1.29, 1.82) is 0 Å². The van der Waals surface area contributed by atoms with Crippen molar-refractivity contribution in [3.8, 4) is 0 Å². The number of anilines is 1. The number of likely N-dealkylation sites (tertiary alicyclic amines) is 1. The Bertz CT molecular complexity index is 366. The molecular weight excluding hydrogens is 222 g/mol. The fraction of sp³-hybridized carbons (Fsp3) is 0.636. The quantitative estimate of drug-likeness (QED) is 0.749. The number of thiazole rings is 1. The summed E-state index contributed by atoms with van der Waals surface area (Å²) in [6, 6.07) is 0.518. The first kappa shape index (κ1) is 11.5. The van der Waals surface area contributed by atoms with Crippen LogP contribution in [0.1, 0.15) is 22.5 Å². The minimum absolute atomic E-state index is 0.518. The molecule has 4 nitrogen and oxygen atoms in total. The van der Waals surface area contributed by atoms with Crippen LogP contribution in [0.2, 0.25) is 0 Å². The maximum atomic E-state index is 10.6. The Hall–Kier alpha value is -0.940. The number of rotatable bonds is 3. The molecule has 5 heteroatoms. The van der Waals surface area contributed by atoms with Crippen LogP contribution in [0.4, 0.5) is 5.13 Å². The number of piperidine rings is 1. The molecule has 1 aromatic rings. The Kier molecular flexibility index (Phi) is 3.56. The van der Waals surface area contributed by atoms with Gasteiger partial charge in [0.15, 0.2) is 11.4 Å². The third-order valence-electron chi connectivity index (χ3n) is 3.08. The van der Waals surface area contributed by atoms with Gasteiger partial charge in [-0.1, -0.05) is 11.3 Å². The summed E-state index contributed by atoms with van der Waals surface area (Å²) in [5.41, 5.74) is 0. The number of hydrogen-bond donors (Lipinski definition) is 0. The highest BCUT2D eigenvalue weighted by atomic mass is 32.1. The number of carbonyl (C=O) groups is 1. The molecule has 0 N–H and O–H groups in total. The molecule has 1 aliphatic heterocycles. The van der Waals surface area contributed by atoms with Crippen LogP contribution in [0.5, 0.6) is 0 Å². The first-order valence-electron chi connectivity index (χ1n) is 5.53. The van der Waals surface area contributed by atoms with Crippen LogP contribution in [0.3, 0.4) is 0 Å². The highest BCUT2D eigenvalue weighted by Gasteiger charge is 2.22. The normalized spacial score (nSPS) is 22.0. The number of hydrogen-bond acceptors (Lipinski definition) is 5. The van der Waals surface area contributed by atoms with Gasteiger partial charge in [-0.05, 0) is 26.4 Å². The second-order valence-corrected chi connectivity index (χ2v) is 5.37. The van der Waals surface area contributed by atoms with Crippen LogP contribution in [0.25, 0.3) is 0 Å². The third kappa shape index (κ3) is 2.41. The van der Waals surface area contributed by atoms with E-state index in [1.54, 1.807) is 6.20 Å². The highest BCUT2D eigenvalue weighted by Crippen LogP contribution is 2.24. The van der Waals surface area contributed by atoms with Crippen LogP contribution in [0, 0.1) is 0 Å². The molecule has 1 saturated heterocycles. The zero-order chi connectivity index (χ0) is 11.5. The van der Waals surface area contributed by atoms with Crippen molar-refractivity contribution >= 4 is 22.8 Å². The average molecular weight is 239 g/mol. The molecule has 2 heterocycles. The van der Waals surface area contributed by atoms with E-state index in [2.05, 4.69) is 28.9 Å². The van der Waals surface area contributed by atoms with Gasteiger partial charge in [0, 0.05) is 19.6 Å². The van der Waals surface area contributed by atoms with Gasteiger partial charge in [-0.15, -0.1) is 0 Å². The summed E-state index contributed by atoms with van der Waals surface area (Å²) < 4.78 is 0. The monoisotopic (exact) mass is 239 g/mol. The van der Waals surface area contributed by atoms with Gasteiger partial charge in [-0.2, -0.15) is 0 Å². The van der Waals surface area contributed by atoms with E-state index in [1.807, 2.05) is 0 Å². The molecule has 1 atom stereocenters. The number of likely N-dealkylation sites (N-methyl/N-ethyl adjacent to an activating group) is 2. The molecule has 0 spiro atoms. The van der Waals surface area contributed by atoms with E-state index in [4.69, 9.17) is 0 Å². The number of aromatic nitrogens is 1. The molecule has 0 radical (unpaired) electrons. The average Bonchev–Trinajstić information content (AvgIpc) is 2.76. The number of carbonyl (C=O) groups excluding carboxylic acids is 1. The van der Waals surface area contributed by atoms with Gasteiger partial charge in [0.25, 0.3) is 0 Å². The smallest absolute Gasteiger partial charge is 0.185 e. The van der Waals surface area contributed by atoms with Crippen molar-refractivity contribution < 1.29 is 4.79 Å². The Morgan fingerprint density at radius 1 is 1.69 bits per heavy atom. The lowest BCUT2D eigenvalue weighted by molar-refractivity contribution is 0.112. The second kappa shape index (κ2) is 4.93. The molecule has 0 aromatic carbocycles. The highest BCUT2D eigenvalue weighted by molar-refractivity contribution is 7.17. The molecule has 1 fully saturated rings. The number of nitrogens with zero attached hydrogens (tertiary/aromatic N) is 3. The van der Waals surface area contributed by atoms with E-state index in [0.29, 0.717) is 10.9 Å². The molecule has 1 aliphatic rings. The number of aldehydes is 1. The van der Waals surface area contributed by atoms with Crippen molar-refractivity contribution in [3.63, 3.8) is 0 Å². The lowest BCUT2D eigenvalue weighted by Gasteiger charge is -2.35. The molecule has 1 aromatic heterocycles. The molecule has 0 aliphatic carbocycles. The third-order valence-corrected chi connectivity index (χ3v) is 4.09. The topological polar surface area (TPSA) is 36.4 Å². The molecule has 1 unspecified atom stereocenters. The largest absolute Gasteiger partial charge is 0.347 e. The zero-order valence-corrected chi connectivity index (χ0v) is 10.5. The van der Waals surface area contributed by atoms with E-state index < -0.39 is 0 Å². The SMILES string of the molecule is CN1CCCC(N(C)c2ncc(C=O)s2)C1. The van der Waals surface area contributed by atoms with E-state index in [-0.39, 0.29) is 0 Å². The maximum absolute atomic E-state index is 10.6. The van der Waals surface area contributed by atoms with E-state index in [9.17, 15) is 4.79 Å². The summed E-state index contributed by atoms with van der Waals surface area (Å²) in [7, 11) is 4.22. The first-order chi connectivity index (χ1) is 7.70. The Balaban J connectivity index is 2.05. The lowest BCUT2D eigenvalue weighted by Crippen LogP contribution is -2.45. The predicted octanol–water partition coefficient (Wildman–Crippen LogP) is 1.49. The van der Waals surface area contributed by atoms with Gasteiger partial charge < -0.3 is 9.80 Å². The minimum Gasteiger partial charge on any atom is -0.347 e. The molecule has 0 bridgehead atoms. The predicted molar refractivity (Wildman–Crippen MR) is 66.4 cm³/mol. The standard InChI is InChI=1S/C11H17N3OS/c1-13-5-3-4-9(7-13)14(2)11-12-6-10(8-15)16-11/h6,8-9H,3-5,7H2,1-2H3. The fourth-order valence-corrected chi connectivity index (χ4v) is 2.87. The fourth-order valence-electron chi connectivity index (χ4n) is 2.11. The minimum atomic E-state index is 0.518. The van der Waals surface area contributed by atoms with E-state index in [0.717, 1.165) is 18.0 Å². The van der Waals surface area contributed by atoms with Crippen molar-refractivity contribution in [2.45, 2.75) is 18.9 Å². The summed E-state index contributed by atoms with van der Waals surface area (Å²) >= 11 is 1.46. The molecular formula is C11H17N3OS. The summed E-state index contributed by atoms with van der Waals surface area (Å²) in [5.74, 6) is 0. The molecule has 88 valence electrons. The lowest BCUT2D eigenvalue weighted by atomic mass is 10.1. The summed E-state index contributed by atoms with van der Waals surface area (Å²) in [6.07, 6.45) is 4.95. The Morgan fingerprint density at radius 2 is 2.50 bits per heavy atom. The Morgan fingerprint density at radius 3 is 3.12 bits per heavy atom. The molecule has 2 rings (SSSR count). The van der Waals surface area contributed by atoms with Crippen molar-refractivity contribution in [2.24, 2.45) is 0 Å². The summed E-state index contributed by atoms with van der Waals surface area (Å²) in [4.78, 5) is 20.1. The summed E-state index contributed by atoms with van der Waals surface area (Å²) in [5, 5.41) is 0.947. The first-order valence-corrected chi connectivity index (χ1v) is 6.34. The van der Waals surface area contributed by atoms with E-state index >= 15 is 0 Å². The van der Waals surface area contributed by atoms with Gasteiger partial charge in [0.05, 0.1) is 11.1 Å². The van der Waals surface area contributed by atoms with Crippen molar-refractivity contribution in [1.82, 2.24) is 9.88 Å². The molecule has 16 heavy (non-hydrogen) atoms. The van der Waals surface area contributed by atoms with Gasteiger partial charge in [0.1, 0.15) is 0 Å². The molecule has 0 saturated carbocycles. The second-order valence-electron chi connectivity index (χ2n) is 4.33. The Labute approximate surface area is 99.9 Å². The summed E-state index contributed by atoms with van der Waals surface area (Å²) in [6.45, 7) is 2.26. The maximum Gasteiger partial charge on any atom is 0.185 e. The van der Waals surface area contributed by atoms with Crippen LogP contribution in [-0.2, 0) is 0 Å². The van der Waals surface area contributed by atoms with Crippen LogP contribution >= 0.6 is 11.3 Å². The van der Waals surface area contributed by atoms with Crippen LogP contribution in [0.15, 0.2) is 6.20 Å². The van der Waals surface area contributed by atoms with Gasteiger partial charge in [-0.25, -0.2) is 4.98 Å². The van der Waals surface area contributed by atoms with Crippen molar-refractivity contribution in [3.05, 3.63) is 11.1 Å².